The van der Waals surface area contributed by atoms with Crippen molar-refractivity contribution >= 4 is 21.8 Å². The third-order valence-electron chi connectivity index (χ3n) is 5.08. The van der Waals surface area contributed by atoms with Gasteiger partial charge < -0.3 is 24.8 Å². The number of amides is 2. The quantitative estimate of drug-likeness (QED) is 0.562. The van der Waals surface area contributed by atoms with Crippen molar-refractivity contribution < 1.29 is 36.6 Å². The molecule has 1 heterocycles. The molecule has 12 heteroatoms. The lowest BCUT2D eigenvalue weighted by molar-refractivity contribution is -0.142. The van der Waals surface area contributed by atoms with Crippen LogP contribution < -0.4 is 20.3 Å². The number of nitrogens with zero attached hydrogens (tertiary/aromatic N) is 1. The molecule has 1 fully saturated rings. The lowest BCUT2D eigenvalue weighted by Crippen LogP contribution is -2.58. The summed E-state index contributed by atoms with van der Waals surface area (Å²) < 4.78 is 53.4. The molecule has 1 aliphatic rings. The monoisotopic (exact) mass is 481 g/mol. The molecule has 0 aromatic heterocycles. The molecule has 3 rings (SSSR count). The molecule has 0 aliphatic carbocycles. The van der Waals surface area contributed by atoms with Crippen LogP contribution in [0.5, 0.6) is 11.5 Å². The fraction of sp³-hybridized carbons (Fsp3) is 0.333. The number of rotatable bonds is 8. The van der Waals surface area contributed by atoms with Gasteiger partial charge in [0.25, 0.3) is 5.91 Å². The molecule has 1 saturated heterocycles. The Morgan fingerprint density at radius 2 is 1.91 bits per heavy atom. The molecular formula is C21H24FN3O7S. The first-order valence-electron chi connectivity index (χ1n) is 9.84. The molecule has 33 heavy (non-hydrogen) atoms. The van der Waals surface area contributed by atoms with Crippen LogP contribution in [0.25, 0.3) is 0 Å². The van der Waals surface area contributed by atoms with E-state index in [-0.39, 0.29) is 48.9 Å². The van der Waals surface area contributed by atoms with E-state index < -0.39 is 33.3 Å². The highest BCUT2D eigenvalue weighted by atomic mass is 32.2. The van der Waals surface area contributed by atoms with Gasteiger partial charge in [0, 0.05) is 6.54 Å². The number of carbonyl (C=O) groups excluding carboxylic acids is 2. The van der Waals surface area contributed by atoms with E-state index in [4.69, 9.17) is 25.1 Å². The smallest absolute Gasteiger partial charge is 0.257 e. The molecule has 0 unspecified atom stereocenters. The van der Waals surface area contributed by atoms with Gasteiger partial charge in [-0.3, -0.25) is 9.59 Å². The summed E-state index contributed by atoms with van der Waals surface area (Å²) in [6.45, 7) is 0.0279. The summed E-state index contributed by atoms with van der Waals surface area (Å²) in [4.78, 5) is 26.2. The molecule has 2 amide bonds. The molecule has 2 aromatic carbocycles. The highest BCUT2D eigenvalue weighted by Gasteiger charge is 2.41. The zero-order chi connectivity index (χ0) is 24.2. The Labute approximate surface area is 190 Å². The molecule has 0 radical (unpaired) electrons. The lowest BCUT2D eigenvalue weighted by Gasteiger charge is -2.42. The summed E-state index contributed by atoms with van der Waals surface area (Å²) in [6.07, 6.45) is -0.244. The maximum atomic E-state index is 13.3. The summed E-state index contributed by atoms with van der Waals surface area (Å²) in [7, 11) is -2.71. The predicted molar refractivity (Wildman–Crippen MR) is 115 cm³/mol. The first-order valence-corrected chi connectivity index (χ1v) is 11.4. The van der Waals surface area contributed by atoms with Gasteiger partial charge in [-0.2, -0.15) is 0 Å². The van der Waals surface area contributed by atoms with Crippen LogP contribution in [-0.2, 0) is 19.6 Å². The summed E-state index contributed by atoms with van der Waals surface area (Å²) >= 11 is 0. The van der Waals surface area contributed by atoms with Gasteiger partial charge in [-0.25, -0.2) is 17.9 Å². The first kappa shape index (κ1) is 24.4. The SMILES string of the molecule is COc1ccc(S(N)(=O)=O)cc1C(=O)N1CCO[C@@](COc2ccc(F)cc2)(CC(N)=O)C1. The zero-order valence-corrected chi connectivity index (χ0v) is 18.6. The number of ether oxygens (including phenoxy) is 3. The number of nitrogens with two attached hydrogens (primary N) is 2. The van der Waals surface area contributed by atoms with Crippen molar-refractivity contribution in [3.05, 3.63) is 53.8 Å². The van der Waals surface area contributed by atoms with E-state index in [1.807, 2.05) is 0 Å². The Kier molecular flexibility index (Phi) is 7.20. The fourth-order valence-corrected chi connectivity index (χ4v) is 4.07. The van der Waals surface area contributed by atoms with E-state index in [0.717, 1.165) is 6.07 Å². The van der Waals surface area contributed by atoms with Crippen LogP contribution in [0.3, 0.4) is 0 Å². The van der Waals surface area contributed by atoms with Crippen LogP contribution in [0.4, 0.5) is 4.39 Å². The number of primary sulfonamides is 1. The van der Waals surface area contributed by atoms with E-state index in [1.165, 1.54) is 48.4 Å². The molecule has 4 N–H and O–H groups in total. The number of methoxy groups -OCH3 is 1. The van der Waals surface area contributed by atoms with E-state index >= 15 is 0 Å². The molecule has 178 valence electrons. The topological polar surface area (TPSA) is 151 Å². The number of hydrogen-bond acceptors (Lipinski definition) is 7. The van der Waals surface area contributed by atoms with Crippen LogP contribution >= 0.6 is 0 Å². The van der Waals surface area contributed by atoms with Crippen LogP contribution in [0, 0.1) is 5.82 Å². The number of hydrogen-bond donors (Lipinski definition) is 2. The van der Waals surface area contributed by atoms with E-state index in [2.05, 4.69) is 0 Å². The first-order chi connectivity index (χ1) is 15.5. The van der Waals surface area contributed by atoms with Crippen molar-refractivity contribution in [1.29, 1.82) is 0 Å². The Bertz CT molecular complexity index is 1140. The molecule has 0 bridgehead atoms. The summed E-state index contributed by atoms with van der Waals surface area (Å²) in [5.74, 6) is -1.15. The maximum Gasteiger partial charge on any atom is 0.257 e. The number of carbonyl (C=O) groups is 2. The van der Waals surface area contributed by atoms with Gasteiger partial charge in [0.05, 0.1) is 37.1 Å². The van der Waals surface area contributed by atoms with Crippen LogP contribution in [-0.4, -0.2) is 64.1 Å². The third-order valence-corrected chi connectivity index (χ3v) is 5.99. The normalized spacial score (nSPS) is 18.6. The number of primary amides is 1. The minimum Gasteiger partial charge on any atom is -0.496 e. The zero-order valence-electron chi connectivity index (χ0n) is 17.8. The largest absolute Gasteiger partial charge is 0.496 e. The number of benzene rings is 2. The van der Waals surface area contributed by atoms with E-state index in [0.29, 0.717) is 5.75 Å². The number of sulfonamides is 1. The molecule has 2 aromatic rings. The van der Waals surface area contributed by atoms with E-state index in [9.17, 15) is 22.4 Å². The summed E-state index contributed by atoms with van der Waals surface area (Å²) in [6, 6.07) is 8.98. The Balaban J connectivity index is 1.87. The molecule has 0 spiro atoms. The minimum absolute atomic E-state index is 0.0154. The third kappa shape index (κ3) is 5.97. The van der Waals surface area contributed by atoms with Crippen LogP contribution in [0.2, 0.25) is 0 Å². The Morgan fingerprint density at radius 3 is 2.52 bits per heavy atom. The van der Waals surface area contributed by atoms with Crippen molar-refractivity contribution in [2.24, 2.45) is 10.9 Å². The average molecular weight is 482 g/mol. The van der Waals surface area contributed by atoms with Crippen molar-refractivity contribution in [2.45, 2.75) is 16.9 Å². The van der Waals surface area contributed by atoms with Gasteiger partial charge >= 0.3 is 0 Å². The van der Waals surface area contributed by atoms with Crippen molar-refractivity contribution in [1.82, 2.24) is 4.90 Å². The summed E-state index contributed by atoms with van der Waals surface area (Å²) in [5, 5.41) is 5.19. The number of morpholine rings is 1. The summed E-state index contributed by atoms with van der Waals surface area (Å²) in [5.41, 5.74) is 4.13. The highest BCUT2D eigenvalue weighted by Crippen LogP contribution is 2.28. The average Bonchev–Trinajstić information content (AvgIpc) is 2.77. The van der Waals surface area contributed by atoms with Gasteiger partial charge in [0.15, 0.2) is 0 Å². The molecule has 1 aliphatic heterocycles. The van der Waals surface area contributed by atoms with Gasteiger partial charge in [0.2, 0.25) is 15.9 Å². The molecule has 10 nitrogen and oxygen atoms in total. The molecule has 1 atom stereocenters. The van der Waals surface area contributed by atoms with Crippen molar-refractivity contribution in [3.8, 4) is 11.5 Å². The predicted octanol–water partition coefficient (Wildman–Crippen LogP) is 0.647. The van der Waals surface area contributed by atoms with Crippen molar-refractivity contribution in [3.63, 3.8) is 0 Å². The maximum absolute atomic E-state index is 13.3. The van der Waals surface area contributed by atoms with Gasteiger partial charge in [-0.05, 0) is 42.5 Å². The lowest BCUT2D eigenvalue weighted by atomic mass is 9.97. The van der Waals surface area contributed by atoms with Gasteiger partial charge in [-0.15, -0.1) is 0 Å². The second kappa shape index (κ2) is 9.73. The van der Waals surface area contributed by atoms with E-state index in [1.54, 1.807) is 0 Å². The van der Waals surface area contributed by atoms with Crippen molar-refractivity contribution in [2.75, 3.05) is 33.4 Å². The molecule has 0 saturated carbocycles. The van der Waals surface area contributed by atoms with Crippen LogP contribution in [0.15, 0.2) is 47.4 Å². The fourth-order valence-electron chi connectivity index (χ4n) is 3.53. The Morgan fingerprint density at radius 1 is 1.21 bits per heavy atom. The van der Waals surface area contributed by atoms with Gasteiger partial charge in [-0.1, -0.05) is 0 Å². The highest BCUT2D eigenvalue weighted by molar-refractivity contribution is 7.89. The second-order valence-electron chi connectivity index (χ2n) is 7.55. The molecular weight excluding hydrogens is 457 g/mol. The van der Waals surface area contributed by atoms with Gasteiger partial charge in [0.1, 0.15) is 29.5 Å². The Hall–Kier alpha value is -3.22. The second-order valence-corrected chi connectivity index (χ2v) is 9.11. The number of halogens is 1. The minimum atomic E-state index is -4.05. The van der Waals surface area contributed by atoms with Crippen LogP contribution in [0.1, 0.15) is 16.8 Å². The standard InChI is InChI=1S/C21H24FN3O7S/c1-30-18-7-6-16(33(24,28)29)10-17(18)20(27)25-8-9-32-21(12-25,11-19(23)26)13-31-15-4-2-14(22)3-5-15/h2-7,10H,8-9,11-13H2,1H3,(H2,23,26)(H2,24,28,29)/t21-/m0/s1.